The molecule has 0 aliphatic rings. The summed E-state index contributed by atoms with van der Waals surface area (Å²) in [5.74, 6) is -0.908. The standard InChI is InChI=1S/C12H9Cl2N3O2/c13-6-1-3-9(7(14)5-6)16-11-8(15)2-4-10(17-11)12(18)19/h1-5H,15H2,(H,16,17)(H,18,19). The van der Waals surface area contributed by atoms with Crippen molar-refractivity contribution in [1.29, 1.82) is 0 Å². The van der Waals surface area contributed by atoms with Crippen LogP contribution in [-0.2, 0) is 0 Å². The predicted octanol–water partition coefficient (Wildman–Crippen LogP) is 3.41. The first-order valence-electron chi connectivity index (χ1n) is 5.19. The summed E-state index contributed by atoms with van der Waals surface area (Å²) >= 11 is 11.8. The number of hydrogen-bond acceptors (Lipinski definition) is 4. The molecule has 7 heteroatoms. The summed E-state index contributed by atoms with van der Waals surface area (Å²) in [6.07, 6.45) is 0. The van der Waals surface area contributed by atoms with Crippen molar-refractivity contribution >= 4 is 46.4 Å². The fourth-order valence-electron chi connectivity index (χ4n) is 1.41. The Bertz CT molecular complexity index is 647. The van der Waals surface area contributed by atoms with E-state index in [-0.39, 0.29) is 11.5 Å². The predicted molar refractivity (Wildman–Crippen MR) is 75.4 cm³/mol. The van der Waals surface area contributed by atoms with Crippen molar-refractivity contribution in [2.45, 2.75) is 0 Å². The summed E-state index contributed by atoms with van der Waals surface area (Å²) in [6, 6.07) is 7.64. The van der Waals surface area contributed by atoms with Gasteiger partial charge in [0.15, 0.2) is 11.5 Å². The number of nitrogens with zero attached hydrogens (tertiary/aromatic N) is 1. The van der Waals surface area contributed by atoms with E-state index in [9.17, 15) is 4.79 Å². The van der Waals surface area contributed by atoms with Gasteiger partial charge in [-0.15, -0.1) is 0 Å². The monoisotopic (exact) mass is 297 g/mol. The lowest BCUT2D eigenvalue weighted by molar-refractivity contribution is 0.0690. The number of carboxylic acids is 1. The Balaban J connectivity index is 2.37. The second-order valence-electron chi connectivity index (χ2n) is 3.69. The average Bonchev–Trinajstić information content (AvgIpc) is 2.34. The highest BCUT2D eigenvalue weighted by Crippen LogP contribution is 2.29. The molecule has 4 N–H and O–H groups in total. The Morgan fingerprint density at radius 2 is 2.00 bits per heavy atom. The van der Waals surface area contributed by atoms with Crippen LogP contribution >= 0.6 is 23.2 Å². The molecule has 1 heterocycles. The van der Waals surface area contributed by atoms with Crippen LogP contribution in [0.3, 0.4) is 0 Å². The molecule has 2 aromatic rings. The highest BCUT2D eigenvalue weighted by Gasteiger charge is 2.10. The van der Waals surface area contributed by atoms with Gasteiger partial charge in [-0.3, -0.25) is 0 Å². The SMILES string of the molecule is Nc1ccc(C(=O)O)nc1Nc1ccc(Cl)cc1Cl. The minimum atomic E-state index is -1.13. The van der Waals surface area contributed by atoms with Crippen LogP contribution in [0.15, 0.2) is 30.3 Å². The number of rotatable bonds is 3. The van der Waals surface area contributed by atoms with Crippen molar-refractivity contribution in [2.75, 3.05) is 11.1 Å². The first kappa shape index (κ1) is 13.5. The number of hydrogen-bond donors (Lipinski definition) is 3. The molecule has 0 unspecified atom stereocenters. The first-order chi connectivity index (χ1) is 8.97. The molecule has 5 nitrogen and oxygen atoms in total. The van der Waals surface area contributed by atoms with E-state index < -0.39 is 5.97 Å². The lowest BCUT2D eigenvalue weighted by Crippen LogP contribution is -2.06. The highest BCUT2D eigenvalue weighted by molar-refractivity contribution is 6.36. The van der Waals surface area contributed by atoms with Crippen molar-refractivity contribution in [3.63, 3.8) is 0 Å². The molecule has 0 spiro atoms. The van der Waals surface area contributed by atoms with Crippen LogP contribution in [-0.4, -0.2) is 16.1 Å². The van der Waals surface area contributed by atoms with Crippen LogP contribution < -0.4 is 11.1 Å². The molecule has 1 aromatic carbocycles. The van der Waals surface area contributed by atoms with Gasteiger partial charge in [-0.1, -0.05) is 23.2 Å². The van der Waals surface area contributed by atoms with Gasteiger partial charge < -0.3 is 16.2 Å². The minimum absolute atomic E-state index is 0.109. The first-order valence-corrected chi connectivity index (χ1v) is 5.95. The third-order valence-corrected chi connectivity index (χ3v) is 2.88. The van der Waals surface area contributed by atoms with Crippen molar-refractivity contribution in [3.8, 4) is 0 Å². The largest absolute Gasteiger partial charge is 0.477 e. The number of aromatic nitrogens is 1. The summed E-state index contributed by atoms with van der Waals surface area (Å²) in [5.41, 5.74) is 6.47. The van der Waals surface area contributed by atoms with Gasteiger partial charge in [-0.25, -0.2) is 9.78 Å². The molecule has 0 saturated carbocycles. The van der Waals surface area contributed by atoms with E-state index in [1.807, 2.05) is 0 Å². The quantitative estimate of drug-likeness (QED) is 0.808. The zero-order chi connectivity index (χ0) is 14.0. The number of carboxylic acid groups (broad SMARTS) is 1. The number of pyridine rings is 1. The Hall–Kier alpha value is -1.98. The van der Waals surface area contributed by atoms with Crippen LogP contribution in [0.1, 0.15) is 10.5 Å². The lowest BCUT2D eigenvalue weighted by Gasteiger charge is -2.10. The Labute approximate surface area is 119 Å². The molecule has 19 heavy (non-hydrogen) atoms. The van der Waals surface area contributed by atoms with Crippen LogP contribution in [0, 0.1) is 0 Å². The van der Waals surface area contributed by atoms with Gasteiger partial charge >= 0.3 is 5.97 Å². The Morgan fingerprint density at radius 3 is 2.63 bits per heavy atom. The maximum Gasteiger partial charge on any atom is 0.354 e. The van der Waals surface area contributed by atoms with Gasteiger partial charge in [0.05, 0.1) is 16.4 Å². The van der Waals surface area contributed by atoms with Crippen LogP contribution in [0.5, 0.6) is 0 Å². The lowest BCUT2D eigenvalue weighted by atomic mass is 10.3. The number of nitrogen functional groups attached to an aromatic ring is 1. The molecule has 0 atom stereocenters. The molecule has 0 aliphatic carbocycles. The second-order valence-corrected chi connectivity index (χ2v) is 4.53. The van der Waals surface area contributed by atoms with Gasteiger partial charge in [-0.2, -0.15) is 0 Å². The summed E-state index contributed by atoms with van der Waals surface area (Å²) < 4.78 is 0. The van der Waals surface area contributed by atoms with E-state index in [1.54, 1.807) is 18.2 Å². The molecule has 2 rings (SSSR count). The fourth-order valence-corrected chi connectivity index (χ4v) is 1.86. The topological polar surface area (TPSA) is 88.2 Å². The van der Waals surface area contributed by atoms with E-state index in [4.69, 9.17) is 34.0 Å². The average molecular weight is 298 g/mol. The molecule has 0 saturated heterocycles. The van der Waals surface area contributed by atoms with Gasteiger partial charge in [-0.05, 0) is 30.3 Å². The van der Waals surface area contributed by atoms with E-state index >= 15 is 0 Å². The Morgan fingerprint density at radius 1 is 1.26 bits per heavy atom. The van der Waals surface area contributed by atoms with Crippen molar-refractivity contribution < 1.29 is 9.90 Å². The number of nitrogens with two attached hydrogens (primary N) is 1. The minimum Gasteiger partial charge on any atom is -0.477 e. The van der Waals surface area contributed by atoms with E-state index in [0.717, 1.165) is 0 Å². The molecule has 0 amide bonds. The van der Waals surface area contributed by atoms with E-state index in [0.29, 0.717) is 21.4 Å². The number of benzene rings is 1. The zero-order valence-corrected chi connectivity index (χ0v) is 11.0. The normalized spacial score (nSPS) is 10.2. The van der Waals surface area contributed by atoms with Crippen molar-refractivity contribution in [3.05, 3.63) is 46.1 Å². The van der Waals surface area contributed by atoms with Gasteiger partial charge in [0.25, 0.3) is 0 Å². The highest BCUT2D eigenvalue weighted by atomic mass is 35.5. The van der Waals surface area contributed by atoms with Crippen LogP contribution in [0.25, 0.3) is 0 Å². The molecule has 0 fully saturated rings. The maximum atomic E-state index is 10.9. The Kier molecular flexibility index (Phi) is 3.78. The number of aromatic carboxylic acids is 1. The van der Waals surface area contributed by atoms with Crippen LogP contribution in [0.2, 0.25) is 10.0 Å². The van der Waals surface area contributed by atoms with Crippen molar-refractivity contribution in [1.82, 2.24) is 4.98 Å². The van der Waals surface area contributed by atoms with Crippen LogP contribution in [0.4, 0.5) is 17.2 Å². The van der Waals surface area contributed by atoms with Gasteiger partial charge in [0, 0.05) is 5.02 Å². The molecular weight excluding hydrogens is 289 g/mol. The van der Waals surface area contributed by atoms with Crippen molar-refractivity contribution in [2.24, 2.45) is 0 Å². The number of nitrogens with one attached hydrogen (secondary N) is 1. The summed E-state index contributed by atoms with van der Waals surface area (Å²) in [4.78, 5) is 14.8. The molecule has 1 aromatic heterocycles. The molecule has 0 bridgehead atoms. The van der Waals surface area contributed by atoms with E-state index in [1.165, 1.54) is 12.1 Å². The smallest absolute Gasteiger partial charge is 0.354 e. The molecule has 0 radical (unpaired) electrons. The van der Waals surface area contributed by atoms with Gasteiger partial charge in [0.2, 0.25) is 0 Å². The third kappa shape index (κ3) is 3.07. The van der Waals surface area contributed by atoms with Gasteiger partial charge in [0.1, 0.15) is 0 Å². The number of halogens is 2. The molecule has 0 aliphatic heterocycles. The number of carbonyl (C=O) groups is 1. The summed E-state index contributed by atoms with van der Waals surface area (Å²) in [7, 11) is 0. The summed E-state index contributed by atoms with van der Waals surface area (Å²) in [6.45, 7) is 0. The third-order valence-electron chi connectivity index (χ3n) is 2.33. The zero-order valence-electron chi connectivity index (χ0n) is 9.52. The molecular formula is C12H9Cl2N3O2. The maximum absolute atomic E-state index is 10.9. The summed E-state index contributed by atoms with van der Waals surface area (Å²) in [5, 5.41) is 12.6. The molecule has 98 valence electrons. The number of anilines is 3. The fraction of sp³-hybridized carbons (Fsp3) is 0. The second kappa shape index (κ2) is 5.34. The van der Waals surface area contributed by atoms with E-state index in [2.05, 4.69) is 10.3 Å².